The summed E-state index contributed by atoms with van der Waals surface area (Å²) in [6.45, 7) is 1.56. The van der Waals surface area contributed by atoms with E-state index in [1.807, 2.05) is 0 Å². The molecule has 0 spiro atoms. The zero-order valence-electron chi connectivity index (χ0n) is 7.50. The molecule has 0 aliphatic heterocycles. The first-order valence-corrected chi connectivity index (χ1v) is 4.68. The van der Waals surface area contributed by atoms with Gasteiger partial charge < -0.3 is 15.6 Å². The number of anilines is 1. The zero-order valence-corrected chi connectivity index (χ0v) is 9.01. The van der Waals surface area contributed by atoms with Crippen molar-refractivity contribution in [2.24, 2.45) is 0 Å². The van der Waals surface area contributed by atoms with Gasteiger partial charge in [0.2, 0.25) is 5.88 Å². The highest BCUT2D eigenvalue weighted by Crippen LogP contribution is 2.33. The van der Waals surface area contributed by atoms with Crippen molar-refractivity contribution >= 4 is 28.9 Å². The molecule has 0 fully saturated rings. The van der Waals surface area contributed by atoms with Crippen LogP contribution in [0.25, 0.3) is 0 Å². The monoisotopic (exact) mass is 236 g/mol. The number of pyridine rings is 1. The number of hydrogen-bond donors (Lipinski definition) is 2. The number of nitrogen functional groups attached to an aromatic ring is 1. The van der Waals surface area contributed by atoms with Crippen molar-refractivity contribution in [2.75, 3.05) is 12.3 Å². The minimum Gasteiger partial charge on any atom is -0.471 e. The van der Waals surface area contributed by atoms with E-state index in [9.17, 15) is 0 Å². The molecule has 0 amide bonds. The predicted octanol–water partition coefficient (Wildman–Crippen LogP) is 1.73. The van der Waals surface area contributed by atoms with E-state index < -0.39 is 0 Å². The largest absolute Gasteiger partial charge is 0.471 e. The van der Waals surface area contributed by atoms with E-state index in [1.54, 1.807) is 6.92 Å². The summed E-state index contributed by atoms with van der Waals surface area (Å²) >= 11 is 11.5. The first-order valence-electron chi connectivity index (χ1n) is 3.93. The topological polar surface area (TPSA) is 68.4 Å². The molecule has 4 nitrogen and oxygen atoms in total. The number of hydrogen-bond acceptors (Lipinski definition) is 4. The zero-order chi connectivity index (χ0) is 10.7. The van der Waals surface area contributed by atoms with Crippen LogP contribution in [0.3, 0.4) is 0 Å². The number of aliphatic hydroxyl groups excluding tert-OH is 1. The summed E-state index contributed by atoms with van der Waals surface area (Å²) in [5.74, 6) is 0.176. The third-order valence-corrected chi connectivity index (χ3v) is 2.21. The molecular formula is C8H10Cl2N2O2. The second kappa shape index (κ2) is 4.68. The third kappa shape index (κ3) is 2.41. The summed E-state index contributed by atoms with van der Waals surface area (Å²) in [6, 6.07) is 0. The number of aromatic nitrogens is 1. The Kier molecular flexibility index (Phi) is 3.80. The molecule has 0 saturated carbocycles. The number of nitrogens with zero attached hydrogens (tertiary/aromatic N) is 1. The maximum atomic E-state index is 8.76. The van der Waals surface area contributed by atoms with E-state index in [2.05, 4.69) is 4.98 Å². The summed E-state index contributed by atoms with van der Waals surface area (Å²) in [4.78, 5) is 3.85. The molecule has 1 aromatic heterocycles. The SMILES string of the molecule is CC(CO)Oc1ncc(Cl)c(N)c1Cl. The standard InChI is InChI=1S/C8H10Cl2N2O2/c1-4(3-13)14-8-6(10)7(11)5(9)2-12-8/h2,4,13H,3H2,1H3,(H2,11,12). The molecule has 0 bridgehead atoms. The van der Waals surface area contributed by atoms with Crippen molar-refractivity contribution in [3.63, 3.8) is 0 Å². The lowest BCUT2D eigenvalue weighted by molar-refractivity contribution is 0.125. The van der Waals surface area contributed by atoms with Crippen LogP contribution in [-0.2, 0) is 0 Å². The highest BCUT2D eigenvalue weighted by Gasteiger charge is 2.12. The Bertz CT molecular complexity index is 333. The average molecular weight is 237 g/mol. The Hall–Kier alpha value is -0.710. The highest BCUT2D eigenvalue weighted by atomic mass is 35.5. The van der Waals surface area contributed by atoms with E-state index in [4.69, 9.17) is 38.8 Å². The first-order chi connectivity index (χ1) is 6.56. The van der Waals surface area contributed by atoms with Crippen LogP contribution in [0.5, 0.6) is 5.88 Å². The average Bonchev–Trinajstić information content (AvgIpc) is 2.19. The van der Waals surface area contributed by atoms with Gasteiger partial charge in [0.15, 0.2) is 0 Å². The van der Waals surface area contributed by atoms with E-state index in [0.717, 1.165) is 0 Å². The number of nitrogens with two attached hydrogens (primary N) is 1. The lowest BCUT2D eigenvalue weighted by atomic mass is 10.4. The molecule has 78 valence electrons. The number of ether oxygens (including phenoxy) is 1. The maximum Gasteiger partial charge on any atom is 0.235 e. The van der Waals surface area contributed by atoms with Crippen LogP contribution >= 0.6 is 23.2 Å². The van der Waals surface area contributed by atoms with E-state index in [1.165, 1.54) is 6.20 Å². The maximum absolute atomic E-state index is 8.76. The minimum absolute atomic E-state index is 0.124. The van der Waals surface area contributed by atoms with Crippen molar-refractivity contribution in [3.8, 4) is 5.88 Å². The fraction of sp³-hybridized carbons (Fsp3) is 0.375. The second-order valence-electron chi connectivity index (χ2n) is 2.75. The van der Waals surface area contributed by atoms with Gasteiger partial charge in [0.1, 0.15) is 11.1 Å². The van der Waals surface area contributed by atoms with Crippen molar-refractivity contribution in [3.05, 3.63) is 16.2 Å². The van der Waals surface area contributed by atoms with Crippen molar-refractivity contribution in [1.82, 2.24) is 4.98 Å². The normalized spacial score (nSPS) is 12.6. The summed E-state index contributed by atoms with van der Waals surface area (Å²) in [7, 11) is 0. The smallest absolute Gasteiger partial charge is 0.235 e. The molecule has 0 saturated heterocycles. The first kappa shape index (κ1) is 11.4. The van der Waals surface area contributed by atoms with Gasteiger partial charge in [-0.1, -0.05) is 23.2 Å². The summed E-state index contributed by atoms with van der Waals surface area (Å²) in [5, 5.41) is 9.20. The lowest BCUT2D eigenvalue weighted by Gasteiger charge is -2.13. The quantitative estimate of drug-likeness (QED) is 0.839. The van der Waals surface area contributed by atoms with Crippen LogP contribution in [0, 0.1) is 0 Å². The molecule has 14 heavy (non-hydrogen) atoms. The Morgan fingerprint density at radius 2 is 2.29 bits per heavy atom. The molecular weight excluding hydrogens is 227 g/mol. The van der Waals surface area contributed by atoms with Gasteiger partial charge in [-0.05, 0) is 6.92 Å². The van der Waals surface area contributed by atoms with Gasteiger partial charge in [-0.3, -0.25) is 0 Å². The Labute approximate surface area is 91.6 Å². The van der Waals surface area contributed by atoms with Crippen molar-refractivity contribution < 1.29 is 9.84 Å². The summed E-state index contributed by atoms with van der Waals surface area (Å²) in [5.41, 5.74) is 5.78. The highest BCUT2D eigenvalue weighted by molar-refractivity contribution is 6.39. The number of halogens is 2. The van der Waals surface area contributed by atoms with Gasteiger partial charge in [-0.2, -0.15) is 0 Å². The molecule has 0 aliphatic carbocycles. The number of rotatable bonds is 3. The molecule has 1 rings (SSSR count). The second-order valence-corrected chi connectivity index (χ2v) is 3.54. The van der Waals surface area contributed by atoms with Gasteiger partial charge in [0, 0.05) is 0 Å². The molecule has 0 aliphatic rings. The molecule has 3 N–H and O–H groups in total. The molecule has 6 heteroatoms. The molecule has 0 radical (unpaired) electrons. The molecule has 1 heterocycles. The Balaban J connectivity index is 2.94. The van der Waals surface area contributed by atoms with Crippen LogP contribution in [0.2, 0.25) is 10.0 Å². The molecule has 0 aromatic carbocycles. The van der Waals surface area contributed by atoms with Gasteiger partial charge >= 0.3 is 0 Å². The van der Waals surface area contributed by atoms with Crippen LogP contribution < -0.4 is 10.5 Å². The van der Waals surface area contributed by atoms with Crippen LogP contribution in [0.1, 0.15) is 6.92 Å². The molecule has 1 unspecified atom stereocenters. The van der Waals surface area contributed by atoms with Crippen LogP contribution in [-0.4, -0.2) is 22.8 Å². The van der Waals surface area contributed by atoms with Crippen molar-refractivity contribution in [1.29, 1.82) is 0 Å². The van der Waals surface area contributed by atoms with Crippen LogP contribution in [0.4, 0.5) is 5.69 Å². The Morgan fingerprint density at radius 1 is 1.64 bits per heavy atom. The third-order valence-electron chi connectivity index (χ3n) is 1.55. The summed E-state index contributed by atoms with van der Waals surface area (Å²) < 4.78 is 5.20. The van der Waals surface area contributed by atoms with Gasteiger partial charge in [-0.25, -0.2) is 4.98 Å². The van der Waals surface area contributed by atoms with E-state index in [-0.39, 0.29) is 34.3 Å². The van der Waals surface area contributed by atoms with E-state index >= 15 is 0 Å². The number of aliphatic hydroxyl groups is 1. The van der Waals surface area contributed by atoms with Gasteiger partial charge in [-0.15, -0.1) is 0 Å². The minimum atomic E-state index is -0.388. The van der Waals surface area contributed by atoms with E-state index in [0.29, 0.717) is 0 Å². The predicted molar refractivity (Wildman–Crippen MR) is 55.8 cm³/mol. The Morgan fingerprint density at radius 3 is 2.86 bits per heavy atom. The lowest BCUT2D eigenvalue weighted by Crippen LogP contribution is -2.17. The van der Waals surface area contributed by atoms with Crippen molar-refractivity contribution in [2.45, 2.75) is 13.0 Å². The molecule has 1 aromatic rings. The fourth-order valence-electron chi connectivity index (χ4n) is 0.772. The fourth-order valence-corrected chi connectivity index (χ4v) is 1.16. The van der Waals surface area contributed by atoms with Crippen LogP contribution in [0.15, 0.2) is 6.20 Å². The van der Waals surface area contributed by atoms with Gasteiger partial charge in [0.25, 0.3) is 0 Å². The summed E-state index contributed by atoms with van der Waals surface area (Å²) in [6.07, 6.45) is 0.961. The van der Waals surface area contributed by atoms with Gasteiger partial charge in [0.05, 0.1) is 23.5 Å². The molecule has 1 atom stereocenters.